The number of nitrogens with one attached hydrogen (secondary N) is 1. The van der Waals surface area contributed by atoms with Crippen LogP contribution in [0.2, 0.25) is 0 Å². The number of halogens is 6. The van der Waals surface area contributed by atoms with Crippen LogP contribution in [0.3, 0.4) is 0 Å². The molecule has 10 heteroatoms. The first kappa shape index (κ1) is 22.6. The standard InChI is InChI=1S/C22H13Cl3F3NO3/c23-21(24,25)22(31-17-7-3-4-8-18(17)32-22)29-19(30)16-6-2-1-5-15(16)13-9-11-14(12-10-13)20(26,27)28/h1-12H,(H,29,30). The van der Waals surface area contributed by atoms with E-state index in [4.69, 9.17) is 44.3 Å². The van der Waals surface area contributed by atoms with Crippen LogP contribution >= 0.6 is 34.8 Å². The topological polar surface area (TPSA) is 47.6 Å². The van der Waals surface area contributed by atoms with Crippen LogP contribution in [0.1, 0.15) is 15.9 Å². The number of para-hydroxylation sites is 2. The molecule has 0 aliphatic carbocycles. The molecule has 3 aromatic carbocycles. The van der Waals surface area contributed by atoms with Gasteiger partial charge in [-0.25, -0.2) is 0 Å². The molecule has 1 N–H and O–H groups in total. The molecule has 1 heterocycles. The highest BCUT2D eigenvalue weighted by molar-refractivity contribution is 6.68. The summed E-state index contributed by atoms with van der Waals surface area (Å²) in [5.74, 6) is -2.36. The quantitative estimate of drug-likeness (QED) is 0.411. The Labute approximate surface area is 195 Å². The lowest BCUT2D eigenvalue weighted by atomic mass is 9.98. The number of fused-ring (bicyclic) bond motifs is 1. The second-order valence-corrected chi connectivity index (χ2v) is 9.12. The Bertz CT molecular complexity index is 1140. The van der Waals surface area contributed by atoms with Gasteiger partial charge in [0.2, 0.25) is 0 Å². The molecule has 0 fully saturated rings. The number of ether oxygens (including phenoxy) is 2. The smallest absolute Gasteiger partial charge is 0.416 e. The molecular weight excluding hydrogens is 490 g/mol. The van der Waals surface area contributed by atoms with E-state index in [2.05, 4.69) is 5.32 Å². The average Bonchev–Trinajstić information content (AvgIpc) is 3.12. The monoisotopic (exact) mass is 501 g/mol. The van der Waals surface area contributed by atoms with Crippen molar-refractivity contribution in [2.24, 2.45) is 0 Å². The Morgan fingerprint density at radius 3 is 1.88 bits per heavy atom. The van der Waals surface area contributed by atoms with Gasteiger partial charge in [-0.1, -0.05) is 77.3 Å². The summed E-state index contributed by atoms with van der Waals surface area (Å²) < 4.78 is 47.8. The summed E-state index contributed by atoms with van der Waals surface area (Å²) in [7, 11) is 0. The van der Waals surface area contributed by atoms with Gasteiger partial charge in [0.15, 0.2) is 11.5 Å². The molecule has 1 aliphatic rings. The Hall–Kier alpha value is -2.61. The average molecular weight is 503 g/mol. The molecule has 3 aromatic rings. The van der Waals surface area contributed by atoms with Crippen LogP contribution in [-0.2, 0) is 6.18 Å². The van der Waals surface area contributed by atoms with E-state index in [-0.39, 0.29) is 17.1 Å². The zero-order chi connectivity index (χ0) is 23.1. The molecule has 0 saturated heterocycles. The molecule has 166 valence electrons. The van der Waals surface area contributed by atoms with Crippen LogP contribution in [0.15, 0.2) is 72.8 Å². The van der Waals surface area contributed by atoms with Crippen LogP contribution in [0, 0.1) is 0 Å². The van der Waals surface area contributed by atoms with Gasteiger partial charge in [0.25, 0.3) is 9.70 Å². The fraction of sp³-hybridized carbons (Fsp3) is 0.136. The van der Waals surface area contributed by atoms with E-state index in [0.29, 0.717) is 11.1 Å². The van der Waals surface area contributed by atoms with Crippen LogP contribution in [0.25, 0.3) is 11.1 Å². The zero-order valence-corrected chi connectivity index (χ0v) is 18.2. The highest BCUT2D eigenvalue weighted by atomic mass is 35.6. The summed E-state index contributed by atoms with van der Waals surface area (Å²) in [5.41, 5.74) is 0.0739. The molecule has 1 aliphatic heterocycles. The van der Waals surface area contributed by atoms with Crippen molar-refractivity contribution in [3.63, 3.8) is 0 Å². The highest BCUT2D eigenvalue weighted by Crippen LogP contribution is 2.48. The molecule has 0 aromatic heterocycles. The summed E-state index contributed by atoms with van der Waals surface area (Å²) in [6.07, 6.45) is -4.47. The third-order valence-corrected chi connectivity index (χ3v) is 5.45. The molecule has 0 radical (unpaired) electrons. The van der Waals surface area contributed by atoms with Gasteiger partial charge in [-0.2, -0.15) is 13.2 Å². The van der Waals surface area contributed by atoms with Crippen molar-refractivity contribution in [1.29, 1.82) is 0 Å². The van der Waals surface area contributed by atoms with E-state index in [1.54, 1.807) is 42.5 Å². The van der Waals surface area contributed by atoms with Gasteiger partial charge in [-0.05, 0) is 41.5 Å². The van der Waals surface area contributed by atoms with Crippen molar-refractivity contribution >= 4 is 40.7 Å². The molecular formula is C22H13Cl3F3NO3. The first-order chi connectivity index (χ1) is 15.0. The maximum absolute atomic E-state index is 13.2. The number of carbonyl (C=O) groups excluding carboxylic acids is 1. The van der Waals surface area contributed by atoms with Gasteiger partial charge in [0.05, 0.1) is 5.56 Å². The van der Waals surface area contributed by atoms with Gasteiger partial charge >= 0.3 is 12.1 Å². The summed E-state index contributed by atoms with van der Waals surface area (Å²) >= 11 is 18.3. The predicted molar refractivity (Wildman–Crippen MR) is 115 cm³/mol. The molecule has 0 saturated carbocycles. The third kappa shape index (κ3) is 4.20. The number of rotatable bonds is 3. The number of hydrogen-bond donors (Lipinski definition) is 1. The van der Waals surface area contributed by atoms with Crippen molar-refractivity contribution in [2.45, 2.75) is 15.9 Å². The number of carbonyl (C=O) groups is 1. The molecule has 0 atom stereocenters. The Morgan fingerprint density at radius 1 is 0.812 bits per heavy atom. The maximum atomic E-state index is 13.2. The first-order valence-corrected chi connectivity index (χ1v) is 10.3. The second-order valence-electron chi connectivity index (χ2n) is 6.84. The molecule has 1 amide bonds. The van der Waals surface area contributed by atoms with Gasteiger partial charge < -0.3 is 9.47 Å². The molecule has 32 heavy (non-hydrogen) atoms. The van der Waals surface area contributed by atoms with Crippen molar-refractivity contribution in [1.82, 2.24) is 5.32 Å². The molecule has 4 nitrogen and oxygen atoms in total. The number of alkyl halides is 6. The number of amides is 1. The van der Waals surface area contributed by atoms with Crippen molar-refractivity contribution in [3.8, 4) is 22.6 Å². The summed E-state index contributed by atoms with van der Waals surface area (Å²) in [4.78, 5) is 13.2. The van der Waals surface area contributed by atoms with E-state index in [0.717, 1.165) is 12.1 Å². The van der Waals surface area contributed by atoms with Crippen LogP contribution in [-0.4, -0.2) is 15.6 Å². The molecule has 0 bridgehead atoms. The van der Waals surface area contributed by atoms with Gasteiger partial charge in [-0.15, -0.1) is 0 Å². The number of benzene rings is 3. The lowest BCUT2D eigenvalue weighted by Gasteiger charge is -2.33. The lowest BCUT2D eigenvalue weighted by Crippen LogP contribution is -2.63. The van der Waals surface area contributed by atoms with E-state index >= 15 is 0 Å². The predicted octanol–water partition coefficient (Wildman–Crippen LogP) is 6.60. The van der Waals surface area contributed by atoms with E-state index in [9.17, 15) is 18.0 Å². The zero-order valence-electron chi connectivity index (χ0n) is 15.9. The Balaban J connectivity index is 1.67. The minimum Gasteiger partial charge on any atom is -0.428 e. The van der Waals surface area contributed by atoms with Crippen LogP contribution < -0.4 is 14.8 Å². The SMILES string of the molecule is O=C(NC1(C(Cl)(Cl)Cl)Oc2ccccc2O1)c1ccccc1-c1ccc(C(F)(F)F)cc1. The lowest BCUT2D eigenvalue weighted by molar-refractivity contribution is -0.137. The van der Waals surface area contributed by atoms with Gasteiger partial charge in [0.1, 0.15) is 0 Å². The van der Waals surface area contributed by atoms with E-state index < -0.39 is 27.4 Å². The molecule has 0 spiro atoms. The second kappa shape index (κ2) is 8.06. The van der Waals surface area contributed by atoms with E-state index in [1.165, 1.54) is 18.2 Å². The summed E-state index contributed by atoms with van der Waals surface area (Å²) in [5, 5.41) is 2.48. The minimum absolute atomic E-state index is 0.115. The van der Waals surface area contributed by atoms with Crippen LogP contribution in [0.5, 0.6) is 11.5 Å². The van der Waals surface area contributed by atoms with Gasteiger partial charge in [0, 0.05) is 5.56 Å². The normalized spacial score (nSPS) is 14.8. The van der Waals surface area contributed by atoms with Crippen molar-refractivity contribution in [2.75, 3.05) is 0 Å². The summed E-state index contributed by atoms with van der Waals surface area (Å²) in [6.45, 7) is 0. The summed E-state index contributed by atoms with van der Waals surface area (Å²) in [6, 6.07) is 17.3. The van der Waals surface area contributed by atoms with Crippen molar-refractivity contribution < 1.29 is 27.4 Å². The fourth-order valence-corrected chi connectivity index (χ4v) is 3.55. The van der Waals surface area contributed by atoms with Crippen molar-refractivity contribution in [3.05, 3.63) is 83.9 Å². The van der Waals surface area contributed by atoms with Crippen LogP contribution in [0.4, 0.5) is 13.2 Å². The fourth-order valence-electron chi connectivity index (χ4n) is 3.18. The Morgan fingerprint density at radius 2 is 1.34 bits per heavy atom. The first-order valence-electron chi connectivity index (χ1n) is 9.13. The Kier molecular flexibility index (Phi) is 5.69. The minimum atomic E-state index is -4.47. The molecule has 0 unspecified atom stereocenters. The largest absolute Gasteiger partial charge is 0.428 e. The van der Waals surface area contributed by atoms with Gasteiger partial charge in [-0.3, -0.25) is 10.1 Å². The number of hydrogen-bond acceptors (Lipinski definition) is 3. The third-order valence-electron chi connectivity index (χ3n) is 4.70. The maximum Gasteiger partial charge on any atom is 0.416 e. The highest BCUT2D eigenvalue weighted by Gasteiger charge is 2.59. The molecule has 4 rings (SSSR count). The van der Waals surface area contributed by atoms with E-state index in [1.807, 2.05) is 0 Å².